The second kappa shape index (κ2) is 7.77. The minimum atomic E-state index is 0.318. The Morgan fingerprint density at radius 1 is 1.15 bits per heavy atom. The minimum Gasteiger partial charge on any atom is -0.375 e. The van der Waals surface area contributed by atoms with Crippen LogP contribution in [0.5, 0.6) is 0 Å². The van der Waals surface area contributed by atoms with Crippen molar-refractivity contribution in [2.24, 2.45) is 17.8 Å². The Bertz CT molecular complexity index is 282. The van der Waals surface area contributed by atoms with Crippen LogP contribution in [0.2, 0.25) is 0 Å². The monoisotopic (exact) mass is 283 g/mol. The first-order chi connectivity index (χ1) is 9.60. The van der Waals surface area contributed by atoms with Crippen molar-refractivity contribution in [2.45, 2.75) is 71.2 Å². The Labute approximate surface area is 124 Å². The molecule has 0 bridgehead atoms. The van der Waals surface area contributed by atoms with Gasteiger partial charge < -0.3 is 14.8 Å². The summed E-state index contributed by atoms with van der Waals surface area (Å²) in [6, 6.07) is 0. The molecule has 5 unspecified atom stereocenters. The van der Waals surface area contributed by atoms with Crippen LogP contribution < -0.4 is 5.32 Å². The molecule has 2 aliphatic rings. The van der Waals surface area contributed by atoms with E-state index in [1.165, 1.54) is 25.7 Å². The van der Waals surface area contributed by atoms with E-state index in [-0.39, 0.29) is 0 Å². The summed E-state index contributed by atoms with van der Waals surface area (Å²) in [5.74, 6) is 2.28. The van der Waals surface area contributed by atoms with Crippen LogP contribution in [0.1, 0.15) is 52.9 Å². The first-order valence-corrected chi connectivity index (χ1v) is 8.51. The molecular formula is C17H33NO2. The third-order valence-corrected chi connectivity index (χ3v) is 5.08. The molecule has 2 rings (SSSR count). The van der Waals surface area contributed by atoms with Gasteiger partial charge in [-0.3, -0.25) is 0 Å². The predicted octanol–water partition coefficient (Wildman–Crippen LogP) is 3.23. The number of hydrogen-bond donors (Lipinski definition) is 1. The Hall–Kier alpha value is -0.120. The first-order valence-electron chi connectivity index (χ1n) is 8.51. The van der Waals surface area contributed by atoms with E-state index in [1.54, 1.807) is 0 Å². The molecule has 0 radical (unpaired) electrons. The van der Waals surface area contributed by atoms with Crippen molar-refractivity contribution in [3.8, 4) is 0 Å². The zero-order valence-corrected chi connectivity index (χ0v) is 13.7. The number of ether oxygens (including phenoxy) is 2. The molecule has 118 valence electrons. The van der Waals surface area contributed by atoms with E-state index < -0.39 is 0 Å². The van der Waals surface area contributed by atoms with Gasteiger partial charge in [-0.25, -0.2) is 0 Å². The van der Waals surface area contributed by atoms with Gasteiger partial charge in [0.05, 0.1) is 24.9 Å². The highest BCUT2D eigenvalue weighted by atomic mass is 16.5. The molecule has 3 nitrogen and oxygen atoms in total. The van der Waals surface area contributed by atoms with Crippen molar-refractivity contribution < 1.29 is 9.47 Å². The summed E-state index contributed by atoms with van der Waals surface area (Å²) in [4.78, 5) is 0. The van der Waals surface area contributed by atoms with Gasteiger partial charge in [0.1, 0.15) is 0 Å². The van der Waals surface area contributed by atoms with E-state index >= 15 is 0 Å². The van der Waals surface area contributed by atoms with Crippen molar-refractivity contribution in [3.05, 3.63) is 0 Å². The predicted molar refractivity (Wildman–Crippen MR) is 82.9 cm³/mol. The third kappa shape index (κ3) is 4.44. The minimum absolute atomic E-state index is 0.318. The standard InChI is InChI=1S/C17H33NO2/c1-12(2)16-8-5-13(3)9-17(16)19-11-15-7-6-14(20-15)10-18-4/h12-18H,5-11H2,1-4H3. The van der Waals surface area contributed by atoms with E-state index in [4.69, 9.17) is 9.47 Å². The maximum Gasteiger partial charge on any atom is 0.0814 e. The van der Waals surface area contributed by atoms with Crippen LogP contribution in [0.15, 0.2) is 0 Å². The molecule has 1 saturated carbocycles. The van der Waals surface area contributed by atoms with Gasteiger partial charge in [0.15, 0.2) is 0 Å². The van der Waals surface area contributed by atoms with Gasteiger partial charge in [0.2, 0.25) is 0 Å². The third-order valence-electron chi connectivity index (χ3n) is 5.08. The summed E-state index contributed by atoms with van der Waals surface area (Å²) in [6.07, 6.45) is 7.41. The van der Waals surface area contributed by atoms with Crippen molar-refractivity contribution in [1.82, 2.24) is 5.32 Å². The topological polar surface area (TPSA) is 30.5 Å². The molecule has 0 amide bonds. The molecule has 1 aliphatic heterocycles. The maximum absolute atomic E-state index is 6.29. The molecule has 5 atom stereocenters. The fourth-order valence-electron chi connectivity index (χ4n) is 3.82. The lowest BCUT2D eigenvalue weighted by Gasteiger charge is -2.37. The van der Waals surface area contributed by atoms with Crippen LogP contribution in [0.4, 0.5) is 0 Å². The molecule has 0 spiro atoms. The molecule has 0 aromatic carbocycles. The summed E-state index contributed by atoms with van der Waals surface area (Å²) < 4.78 is 12.3. The Morgan fingerprint density at radius 2 is 1.90 bits per heavy atom. The average molecular weight is 283 g/mol. The van der Waals surface area contributed by atoms with Crippen molar-refractivity contribution in [2.75, 3.05) is 20.2 Å². The molecule has 2 fully saturated rings. The molecule has 1 aliphatic carbocycles. The zero-order valence-electron chi connectivity index (χ0n) is 13.7. The summed E-state index contributed by atoms with van der Waals surface area (Å²) in [5, 5.41) is 3.20. The van der Waals surface area contributed by atoms with Gasteiger partial charge in [0.25, 0.3) is 0 Å². The number of likely N-dealkylation sites (N-methyl/N-ethyl adjacent to an activating group) is 1. The second-order valence-electron chi connectivity index (χ2n) is 7.21. The Balaban J connectivity index is 1.76. The molecule has 0 aromatic rings. The maximum atomic E-state index is 6.29. The van der Waals surface area contributed by atoms with Crippen LogP contribution in [-0.2, 0) is 9.47 Å². The summed E-state index contributed by atoms with van der Waals surface area (Å²) in [5.41, 5.74) is 0. The number of nitrogens with one attached hydrogen (secondary N) is 1. The normalized spacial score (nSPS) is 38.5. The van der Waals surface area contributed by atoms with Crippen LogP contribution in [0.3, 0.4) is 0 Å². The first kappa shape index (κ1) is 16.3. The Kier molecular flexibility index (Phi) is 6.31. The van der Waals surface area contributed by atoms with E-state index in [2.05, 4.69) is 26.1 Å². The van der Waals surface area contributed by atoms with Crippen molar-refractivity contribution >= 4 is 0 Å². The SMILES string of the molecule is CNCC1CCC(COC2CC(C)CCC2C(C)C)O1. The van der Waals surface area contributed by atoms with E-state index in [1.807, 2.05) is 7.05 Å². The molecular weight excluding hydrogens is 250 g/mol. The second-order valence-corrected chi connectivity index (χ2v) is 7.21. The summed E-state index contributed by atoms with van der Waals surface area (Å²) in [7, 11) is 1.99. The molecule has 1 saturated heterocycles. The van der Waals surface area contributed by atoms with Crippen molar-refractivity contribution in [1.29, 1.82) is 0 Å². The molecule has 1 N–H and O–H groups in total. The fraction of sp³-hybridized carbons (Fsp3) is 1.00. The fourth-order valence-corrected chi connectivity index (χ4v) is 3.82. The van der Waals surface area contributed by atoms with E-state index in [9.17, 15) is 0 Å². The van der Waals surface area contributed by atoms with Crippen LogP contribution in [-0.4, -0.2) is 38.5 Å². The van der Waals surface area contributed by atoms with Crippen LogP contribution in [0.25, 0.3) is 0 Å². The van der Waals surface area contributed by atoms with E-state index in [0.717, 1.165) is 37.3 Å². The van der Waals surface area contributed by atoms with Gasteiger partial charge in [-0.05, 0) is 50.5 Å². The Morgan fingerprint density at radius 3 is 2.60 bits per heavy atom. The lowest BCUT2D eigenvalue weighted by molar-refractivity contribution is -0.0824. The molecule has 0 aromatic heterocycles. The van der Waals surface area contributed by atoms with Gasteiger partial charge in [-0.2, -0.15) is 0 Å². The largest absolute Gasteiger partial charge is 0.375 e. The highest BCUT2D eigenvalue weighted by molar-refractivity contribution is 4.82. The highest BCUT2D eigenvalue weighted by Gasteiger charge is 2.33. The van der Waals surface area contributed by atoms with Crippen LogP contribution >= 0.6 is 0 Å². The molecule has 3 heteroatoms. The number of hydrogen-bond acceptors (Lipinski definition) is 3. The average Bonchev–Trinajstić information content (AvgIpc) is 2.84. The van der Waals surface area contributed by atoms with Gasteiger partial charge >= 0.3 is 0 Å². The van der Waals surface area contributed by atoms with Gasteiger partial charge in [0, 0.05) is 6.54 Å². The molecule has 1 heterocycles. The van der Waals surface area contributed by atoms with Gasteiger partial charge in [-0.1, -0.05) is 27.2 Å². The van der Waals surface area contributed by atoms with Crippen molar-refractivity contribution in [3.63, 3.8) is 0 Å². The lowest BCUT2D eigenvalue weighted by atomic mass is 9.75. The zero-order chi connectivity index (χ0) is 14.5. The van der Waals surface area contributed by atoms with Gasteiger partial charge in [-0.15, -0.1) is 0 Å². The summed E-state index contributed by atoms with van der Waals surface area (Å²) >= 11 is 0. The van der Waals surface area contributed by atoms with Crippen LogP contribution in [0, 0.1) is 17.8 Å². The smallest absolute Gasteiger partial charge is 0.0814 e. The summed E-state index contributed by atoms with van der Waals surface area (Å²) in [6.45, 7) is 8.80. The highest BCUT2D eigenvalue weighted by Crippen LogP contribution is 2.35. The lowest BCUT2D eigenvalue weighted by Crippen LogP contribution is -2.36. The van der Waals surface area contributed by atoms with E-state index in [0.29, 0.717) is 18.3 Å². The molecule has 20 heavy (non-hydrogen) atoms. The quantitative estimate of drug-likeness (QED) is 0.812. The number of rotatable bonds is 6.